The Morgan fingerprint density at radius 1 is 1.30 bits per heavy atom. The first-order valence-electron chi connectivity index (χ1n) is 6.52. The van der Waals surface area contributed by atoms with Crippen molar-refractivity contribution in [1.82, 2.24) is 0 Å². The standard InChI is InChI=1S/C16H18O4/c1-10(2)14-6-4-12(8-11(14)3)19-9-13-5-7-15(20-13)16(17)18/h4-8,10H,9H2,1-3H3,(H,17,18). The highest BCUT2D eigenvalue weighted by molar-refractivity contribution is 5.84. The van der Waals surface area contributed by atoms with Gasteiger partial charge in [0.25, 0.3) is 0 Å². The topological polar surface area (TPSA) is 59.7 Å². The first kappa shape index (κ1) is 14.2. The molecule has 4 nitrogen and oxygen atoms in total. The van der Waals surface area contributed by atoms with Crippen LogP contribution in [0.5, 0.6) is 5.75 Å². The SMILES string of the molecule is Cc1cc(OCc2ccc(C(=O)O)o2)ccc1C(C)C. The first-order chi connectivity index (χ1) is 9.47. The Labute approximate surface area is 118 Å². The van der Waals surface area contributed by atoms with Crippen LogP contribution in [0.1, 0.15) is 47.2 Å². The van der Waals surface area contributed by atoms with E-state index in [2.05, 4.69) is 26.8 Å². The lowest BCUT2D eigenvalue weighted by molar-refractivity contribution is 0.0658. The molecule has 1 aromatic heterocycles. The van der Waals surface area contributed by atoms with Gasteiger partial charge >= 0.3 is 5.97 Å². The summed E-state index contributed by atoms with van der Waals surface area (Å²) in [5, 5.41) is 8.77. The molecule has 0 spiro atoms. The quantitative estimate of drug-likeness (QED) is 0.895. The fourth-order valence-electron chi connectivity index (χ4n) is 2.11. The van der Waals surface area contributed by atoms with Crippen molar-refractivity contribution >= 4 is 5.97 Å². The fourth-order valence-corrected chi connectivity index (χ4v) is 2.11. The van der Waals surface area contributed by atoms with Crippen molar-refractivity contribution in [2.45, 2.75) is 33.3 Å². The van der Waals surface area contributed by atoms with Crippen molar-refractivity contribution in [3.8, 4) is 5.75 Å². The van der Waals surface area contributed by atoms with Crippen molar-refractivity contribution in [3.63, 3.8) is 0 Å². The van der Waals surface area contributed by atoms with Crippen LogP contribution in [0.25, 0.3) is 0 Å². The minimum Gasteiger partial charge on any atom is -0.486 e. The fraction of sp³-hybridized carbons (Fsp3) is 0.312. The maximum atomic E-state index is 10.7. The van der Waals surface area contributed by atoms with Gasteiger partial charge in [0.2, 0.25) is 5.76 Å². The summed E-state index contributed by atoms with van der Waals surface area (Å²) in [5.41, 5.74) is 2.48. The molecule has 1 N–H and O–H groups in total. The highest BCUT2D eigenvalue weighted by Gasteiger charge is 2.10. The molecule has 0 aliphatic heterocycles. The van der Waals surface area contributed by atoms with E-state index in [1.165, 1.54) is 17.2 Å². The zero-order valence-corrected chi connectivity index (χ0v) is 11.8. The van der Waals surface area contributed by atoms with Gasteiger partial charge in [0.15, 0.2) is 0 Å². The Hall–Kier alpha value is -2.23. The number of furan rings is 1. The Kier molecular flexibility index (Phi) is 4.13. The number of carbonyl (C=O) groups is 1. The zero-order valence-electron chi connectivity index (χ0n) is 11.8. The summed E-state index contributed by atoms with van der Waals surface area (Å²) in [6.07, 6.45) is 0. The molecule has 0 atom stereocenters. The Bertz CT molecular complexity index is 611. The number of aromatic carboxylic acids is 1. The zero-order chi connectivity index (χ0) is 14.7. The number of ether oxygens (including phenoxy) is 1. The third-order valence-electron chi connectivity index (χ3n) is 3.12. The van der Waals surface area contributed by atoms with Crippen LogP contribution in [-0.2, 0) is 6.61 Å². The van der Waals surface area contributed by atoms with Crippen LogP contribution in [0.4, 0.5) is 0 Å². The first-order valence-corrected chi connectivity index (χ1v) is 6.52. The second-order valence-corrected chi connectivity index (χ2v) is 5.03. The van der Waals surface area contributed by atoms with Gasteiger partial charge in [-0.05, 0) is 48.2 Å². The maximum absolute atomic E-state index is 10.7. The number of rotatable bonds is 5. The number of carboxylic acid groups (broad SMARTS) is 1. The lowest BCUT2D eigenvalue weighted by Crippen LogP contribution is -1.97. The molecular formula is C16H18O4. The number of aryl methyl sites for hydroxylation is 1. The van der Waals surface area contributed by atoms with E-state index in [-0.39, 0.29) is 12.4 Å². The van der Waals surface area contributed by atoms with Crippen LogP contribution >= 0.6 is 0 Å². The largest absolute Gasteiger partial charge is 0.486 e. The summed E-state index contributed by atoms with van der Waals surface area (Å²) in [5.74, 6) is 0.573. The smallest absolute Gasteiger partial charge is 0.371 e. The Balaban J connectivity index is 2.03. The molecule has 0 saturated heterocycles. The van der Waals surface area contributed by atoms with Crippen LogP contribution in [0.3, 0.4) is 0 Å². The number of hydrogen-bond acceptors (Lipinski definition) is 3. The van der Waals surface area contributed by atoms with Gasteiger partial charge in [-0.25, -0.2) is 4.79 Å². The molecule has 1 heterocycles. The van der Waals surface area contributed by atoms with Gasteiger partial charge in [0.05, 0.1) is 0 Å². The Morgan fingerprint density at radius 3 is 2.60 bits per heavy atom. The third-order valence-corrected chi connectivity index (χ3v) is 3.12. The second-order valence-electron chi connectivity index (χ2n) is 5.03. The van der Waals surface area contributed by atoms with Gasteiger partial charge in [-0.15, -0.1) is 0 Å². The highest BCUT2D eigenvalue weighted by Crippen LogP contribution is 2.24. The average Bonchev–Trinajstić information content (AvgIpc) is 2.85. The number of carboxylic acids is 1. The summed E-state index contributed by atoms with van der Waals surface area (Å²) < 4.78 is 10.7. The van der Waals surface area contributed by atoms with E-state index in [1.807, 2.05) is 12.1 Å². The normalized spacial score (nSPS) is 10.8. The van der Waals surface area contributed by atoms with Crippen molar-refractivity contribution in [2.24, 2.45) is 0 Å². The lowest BCUT2D eigenvalue weighted by Gasteiger charge is -2.11. The van der Waals surface area contributed by atoms with Gasteiger partial charge in [-0.2, -0.15) is 0 Å². The van der Waals surface area contributed by atoms with Gasteiger partial charge in [-0.1, -0.05) is 19.9 Å². The molecule has 0 unspecified atom stereocenters. The summed E-state index contributed by atoms with van der Waals surface area (Å²) in [6.45, 7) is 6.57. The highest BCUT2D eigenvalue weighted by atomic mass is 16.5. The van der Waals surface area contributed by atoms with Gasteiger partial charge in [0, 0.05) is 0 Å². The monoisotopic (exact) mass is 274 g/mol. The Morgan fingerprint density at radius 2 is 2.05 bits per heavy atom. The second kappa shape index (κ2) is 5.82. The third kappa shape index (κ3) is 3.20. The molecule has 20 heavy (non-hydrogen) atoms. The van der Waals surface area contributed by atoms with Crippen LogP contribution in [0.15, 0.2) is 34.7 Å². The molecule has 0 bridgehead atoms. The van der Waals surface area contributed by atoms with E-state index in [4.69, 9.17) is 14.3 Å². The molecule has 4 heteroatoms. The average molecular weight is 274 g/mol. The van der Waals surface area contributed by atoms with E-state index in [0.29, 0.717) is 11.7 Å². The molecule has 2 rings (SSSR count). The number of benzene rings is 1. The van der Waals surface area contributed by atoms with Crippen LogP contribution < -0.4 is 4.74 Å². The minimum absolute atomic E-state index is 0.0741. The summed E-state index contributed by atoms with van der Waals surface area (Å²) >= 11 is 0. The van der Waals surface area contributed by atoms with Crippen LogP contribution in [-0.4, -0.2) is 11.1 Å². The summed E-state index contributed by atoms with van der Waals surface area (Å²) in [4.78, 5) is 10.7. The van der Waals surface area contributed by atoms with Crippen molar-refractivity contribution in [1.29, 1.82) is 0 Å². The molecule has 0 saturated carbocycles. The van der Waals surface area contributed by atoms with Crippen LogP contribution in [0.2, 0.25) is 0 Å². The van der Waals surface area contributed by atoms with E-state index in [0.717, 1.165) is 5.75 Å². The van der Waals surface area contributed by atoms with Crippen molar-refractivity contribution < 1.29 is 19.1 Å². The maximum Gasteiger partial charge on any atom is 0.371 e. The number of hydrogen-bond donors (Lipinski definition) is 1. The van der Waals surface area contributed by atoms with E-state index >= 15 is 0 Å². The van der Waals surface area contributed by atoms with Gasteiger partial charge in [0.1, 0.15) is 18.1 Å². The van der Waals surface area contributed by atoms with Crippen molar-refractivity contribution in [3.05, 3.63) is 53.0 Å². The molecule has 0 aliphatic rings. The molecule has 0 amide bonds. The van der Waals surface area contributed by atoms with E-state index < -0.39 is 5.97 Å². The molecule has 0 radical (unpaired) electrons. The lowest BCUT2D eigenvalue weighted by atomic mass is 9.98. The summed E-state index contributed by atoms with van der Waals surface area (Å²) in [7, 11) is 0. The molecule has 1 aromatic carbocycles. The van der Waals surface area contributed by atoms with E-state index in [9.17, 15) is 4.79 Å². The predicted octanol–water partition coefficient (Wildman–Crippen LogP) is 3.99. The molecular weight excluding hydrogens is 256 g/mol. The molecule has 0 fully saturated rings. The van der Waals surface area contributed by atoms with Crippen LogP contribution in [0, 0.1) is 6.92 Å². The molecule has 106 valence electrons. The van der Waals surface area contributed by atoms with Gasteiger partial charge in [-0.3, -0.25) is 0 Å². The van der Waals surface area contributed by atoms with Crippen molar-refractivity contribution in [2.75, 3.05) is 0 Å². The predicted molar refractivity (Wildman–Crippen MR) is 75.3 cm³/mol. The molecule has 0 aliphatic carbocycles. The van der Waals surface area contributed by atoms with Gasteiger partial charge < -0.3 is 14.3 Å². The summed E-state index contributed by atoms with van der Waals surface area (Å²) in [6, 6.07) is 8.99. The minimum atomic E-state index is -1.08. The van der Waals surface area contributed by atoms with E-state index in [1.54, 1.807) is 6.07 Å². The molecule has 2 aromatic rings.